The van der Waals surface area contributed by atoms with Gasteiger partial charge < -0.3 is 10.5 Å². The molecule has 0 aliphatic heterocycles. The van der Waals surface area contributed by atoms with Gasteiger partial charge in [0.1, 0.15) is 10.9 Å². The second-order valence-corrected chi connectivity index (χ2v) is 3.57. The van der Waals surface area contributed by atoms with Gasteiger partial charge in [0.15, 0.2) is 6.61 Å². The fourth-order valence-corrected chi connectivity index (χ4v) is 1.61. The molecule has 0 spiro atoms. The molecule has 2 aromatic rings. The van der Waals surface area contributed by atoms with E-state index in [2.05, 4.69) is 4.98 Å². The van der Waals surface area contributed by atoms with Gasteiger partial charge in [-0.25, -0.2) is 4.98 Å². The van der Waals surface area contributed by atoms with E-state index in [1.807, 2.05) is 24.3 Å². The van der Waals surface area contributed by atoms with E-state index >= 15 is 0 Å². The van der Waals surface area contributed by atoms with Crippen molar-refractivity contribution >= 4 is 28.3 Å². The van der Waals surface area contributed by atoms with Crippen molar-refractivity contribution in [2.24, 2.45) is 5.73 Å². The summed E-state index contributed by atoms with van der Waals surface area (Å²) >= 11 is 5.93. The lowest BCUT2D eigenvalue weighted by Gasteiger charge is -2.07. The quantitative estimate of drug-likeness (QED) is 0.826. The van der Waals surface area contributed by atoms with Crippen LogP contribution < -0.4 is 10.5 Å². The molecule has 4 nitrogen and oxygen atoms in total. The molecule has 1 aromatic carbocycles. The zero-order valence-electron chi connectivity index (χ0n) is 8.31. The van der Waals surface area contributed by atoms with Crippen molar-refractivity contribution < 1.29 is 9.53 Å². The van der Waals surface area contributed by atoms with Crippen molar-refractivity contribution in [3.63, 3.8) is 0 Å². The number of ether oxygens (including phenoxy) is 1. The number of halogens is 1. The maximum atomic E-state index is 10.6. The Morgan fingerprint density at radius 3 is 2.75 bits per heavy atom. The lowest BCUT2D eigenvalue weighted by Crippen LogP contribution is -2.20. The number of hydrogen-bond donors (Lipinski definition) is 1. The molecule has 1 aromatic heterocycles. The summed E-state index contributed by atoms with van der Waals surface area (Å²) in [6.07, 6.45) is 1.48. The number of hydrogen-bond acceptors (Lipinski definition) is 3. The minimum absolute atomic E-state index is 0.173. The molecule has 2 N–H and O–H groups in total. The fourth-order valence-electron chi connectivity index (χ4n) is 1.40. The van der Waals surface area contributed by atoms with E-state index in [-0.39, 0.29) is 6.61 Å². The van der Waals surface area contributed by atoms with E-state index < -0.39 is 5.91 Å². The molecule has 0 aliphatic carbocycles. The summed E-state index contributed by atoms with van der Waals surface area (Å²) in [5.74, 6) is -0.0298. The van der Waals surface area contributed by atoms with Crippen LogP contribution >= 0.6 is 11.6 Å². The predicted molar refractivity (Wildman–Crippen MR) is 61.4 cm³/mol. The molecular formula is C11H9ClN2O2. The van der Waals surface area contributed by atoms with E-state index in [1.54, 1.807) is 0 Å². The van der Waals surface area contributed by atoms with Crippen molar-refractivity contribution in [2.75, 3.05) is 6.61 Å². The zero-order chi connectivity index (χ0) is 11.5. The average Bonchev–Trinajstić information content (AvgIpc) is 2.28. The SMILES string of the molecule is NC(=O)COc1cnc(Cl)c2ccccc12. The maximum absolute atomic E-state index is 10.6. The van der Waals surface area contributed by atoms with Crippen LogP contribution in [-0.2, 0) is 4.79 Å². The van der Waals surface area contributed by atoms with Gasteiger partial charge in [-0.1, -0.05) is 35.9 Å². The predicted octanol–water partition coefficient (Wildman–Crippen LogP) is 1.75. The molecule has 82 valence electrons. The first-order valence-corrected chi connectivity index (χ1v) is 5.00. The van der Waals surface area contributed by atoms with E-state index in [4.69, 9.17) is 22.1 Å². The highest BCUT2D eigenvalue weighted by Crippen LogP contribution is 2.28. The van der Waals surface area contributed by atoms with Gasteiger partial charge in [0.05, 0.1) is 6.20 Å². The number of amides is 1. The van der Waals surface area contributed by atoms with Gasteiger partial charge >= 0.3 is 0 Å². The molecule has 0 fully saturated rings. The topological polar surface area (TPSA) is 65.2 Å². The van der Waals surface area contributed by atoms with E-state index in [9.17, 15) is 4.79 Å². The normalized spacial score (nSPS) is 10.3. The van der Waals surface area contributed by atoms with Crippen molar-refractivity contribution in [1.82, 2.24) is 4.98 Å². The number of aromatic nitrogens is 1. The lowest BCUT2D eigenvalue weighted by molar-refractivity contribution is -0.119. The number of pyridine rings is 1. The summed E-state index contributed by atoms with van der Waals surface area (Å²) in [7, 11) is 0. The number of carbonyl (C=O) groups is 1. The van der Waals surface area contributed by atoms with Crippen LogP contribution in [0.25, 0.3) is 10.8 Å². The van der Waals surface area contributed by atoms with Crippen molar-refractivity contribution in [1.29, 1.82) is 0 Å². The third-order valence-electron chi connectivity index (χ3n) is 2.08. The lowest BCUT2D eigenvalue weighted by atomic mass is 10.2. The van der Waals surface area contributed by atoms with Crippen LogP contribution in [0.2, 0.25) is 5.15 Å². The number of fused-ring (bicyclic) bond motifs is 1. The van der Waals surface area contributed by atoms with Gasteiger partial charge in [-0.2, -0.15) is 0 Å². The molecule has 0 radical (unpaired) electrons. The number of carbonyl (C=O) groups excluding carboxylic acids is 1. The Bertz CT molecular complexity index is 542. The summed E-state index contributed by atoms with van der Waals surface area (Å²) in [5.41, 5.74) is 5.00. The molecule has 1 heterocycles. The number of benzene rings is 1. The summed E-state index contributed by atoms with van der Waals surface area (Å²) in [4.78, 5) is 14.6. The van der Waals surface area contributed by atoms with Gasteiger partial charge in [0.25, 0.3) is 5.91 Å². The van der Waals surface area contributed by atoms with E-state index in [0.717, 1.165) is 10.8 Å². The number of primary amides is 1. The number of nitrogens with zero attached hydrogens (tertiary/aromatic N) is 1. The average molecular weight is 237 g/mol. The molecule has 0 unspecified atom stereocenters. The molecule has 0 atom stereocenters. The molecule has 0 saturated heterocycles. The van der Waals surface area contributed by atoms with E-state index in [1.165, 1.54) is 6.20 Å². The van der Waals surface area contributed by atoms with Crippen molar-refractivity contribution in [3.8, 4) is 5.75 Å². The van der Waals surface area contributed by atoms with Crippen LogP contribution in [0.4, 0.5) is 0 Å². The van der Waals surface area contributed by atoms with Gasteiger partial charge in [0, 0.05) is 10.8 Å². The summed E-state index contributed by atoms with van der Waals surface area (Å²) in [6, 6.07) is 7.39. The Labute approximate surface area is 97.0 Å². The van der Waals surface area contributed by atoms with Crippen LogP contribution in [0.1, 0.15) is 0 Å². The highest BCUT2D eigenvalue weighted by Gasteiger charge is 2.07. The van der Waals surface area contributed by atoms with Crippen molar-refractivity contribution in [3.05, 3.63) is 35.6 Å². The molecule has 0 aliphatic rings. The van der Waals surface area contributed by atoms with Gasteiger partial charge in [-0.05, 0) is 0 Å². The monoisotopic (exact) mass is 236 g/mol. The van der Waals surface area contributed by atoms with Gasteiger partial charge in [-0.15, -0.1) is 0 Å². The smallest absolute Gasteiger partial charge is 0.255 e. The first kappa shape index (κ1) is 10.7. The second kappa shape index (κ2) is 4.37. The van der Waals surface area contributed by atoms with Gasteiger partial charge in [0.2, 0.25) is 0 Å². The molecule has 5 heteroatoms. The maximum Gasteiger partial charge on any atom is 0.255 e. The standard InChI is InChI=1S/C11H9ClN2O2/c12-11-8-4-2-1-3-7(8)9(5-14-11)16-6-10(13)15/h1-5H,6H2,(H2,13,15). The van der Waals surface area contributed by atoms with Gasteiger partial charge in [-0.3, -0.25) is 4.79 Å². The van der Waals surface area contributed by atoms with Crippen LogP contribution in [0.15, 0.2) is 30.5 Å². The summed E-state index contributed by atoms with van der Waals surface area (Å²) in [6.45, 7) is -0.173. The largest absolute Gasteiger partial charge is 0.482 e. The highest BCUT2D eigenvalue weighted by molar-refractivity contribution is 6.34. The molecule has 16 heavy (non-hydrogen) atoms. The first-order chi connectivity index (χ1) is 7.68. The Balaban J connectivity index is 2.46. The van der Waals surface area contributed by atoms with E-state index in [0.29, 0.717) is 10.9 Å². The summed E-state index contributed by atoms with van der Waals surface area (Å²) in [5, 5.41) is 2.00. The Hall–Kier alpha value is -1.81. The van der Waals surface area contributed by atoms with Crippen LogP contribution in [0.3, 0.4) is 0 Å². The molecule has 0 bridgehead atoms. The molecule has 0 saturated carbocycles. The third kappa shape index (κ3) is 2.06. The Kier molecular flexibility index (Phi) is 2.92. The minimum atomic E-state index is -0.529. The minimum Gasteiger partial charge on any atom is -0.482 e. The third-order valence-corrected chi connectivity index (χ3v) is 2.38. The van der Waals surface area contributed by atoms with Crippen molar-refractivity contribution in [2.45, 2.75) is 0 Å². The van der Waals surface area contributed by atoms with Crippen LogP contribution in [-0.4, -0.2) is 17.5 Å². The Morgan fingerprint density at radius 1 is 1.38 bits per heavy atom. The second-order valence-electron chi connectivity index (χ2n) is 3.21. The molecular weight excluding hydrogens is 228 g/mol. The number of nitrogens with two attached hydrogens (primary N) is 1. The van der Waals surface area contributed by atoms with Crippen LogP contribution in [0.5, 0.6) is 5.75 Å². The molecule has 1 amide bonds. The molecule has 2 rings (SSSR count). The zero-order valence-corrected chi connectivity index (χ0v) is 9.07. The van der Waals surface area contributed by atoms with Crippen LogP contribution in [0, 0.1) is 0 Å². The fraction of sp³-hybridized carbons (Fsp3) is 0.0909. The Morgan fingerprint density at radius 2 is 2.06 bits per heavy atom. The highest BCUT2D eigenvalue weighted by atomic mass is 35.5. The summed E-state index contributed by atoms with van der Waals surface area (Å²) < 4.78 is 5.24. The first-order valence-electron chi connectivity index (χ1n) is 4.63. The number of rotatable bonds is 3.